The zero-order valence-electron chi connectivity index (χ0n) is 10.3. The Kier molecular flexibility index (Phi) is 5.65. The molecule has 0 aromatic carbocycles. The number of halogens is 1. The minimum absolute atomic E-state index is 0.0261. The van der Waals surface area contributed by atoms with Gasteiger partial charge in [-0.3, -0.25) is 14.9 Å². The van der Waals surface area contributed by atoms with Crippen LogP contribution in [0.1, 0.15) is 23.7 Å². The van der Waals surface area contributed by atoms with E-state index in [9.17, 15) is 14.9 Å². The number of nitrogens with zero attached hydrogens (tertiary/aromatic N) is 2. The van der Waals surface area contributed by atoms with E-state index in [-0.39, 0.29) is 23.2 Å². The first kappa shape index (κ1) is 15.3. The Bertz CT molecular complexity index is 481. The van der Waals surface area contributed by atoms with Gasteiger partial charge < -0.3 is 10.4 Å². The first-order valence-electron chi connectivity index (χ1n) is 5.65. The van der Waals surface area contributed by atoms with Gasteiger partial charge in [0, 0.05) is 19.3 Å². The van der Waals surface area contributed by atoms with Crippen LogP contribution in [0, 0.1) is 16.0 Å². The first-order valence-corrected chi connectivity index (χ1v) is 6.03. The molecule has 0 aliphatic heterocycles. The van der Waals surface area contributed by atoms with E-state index in [1.807, 2.05) is 6.92 Å². The van der Waals surface area contributed by atoms with Crippen LogP contribution in [0.5, 0.6) is 0 Å². The summed E-state index contributed by atoms with van der Waals surface area (Å²) in [6.45, 7) is 2.19. The number of aliphatic hydroxyl groups is 1. The maximum absolute atomic E-state index is 11.9. The van der Waals surface area contributed by atoms with E-state index in [0.29, 0.717) is 13.0 Å². The van der Waals surface area contributed by atoms with Crippen molar-refractivity contribution in [2.24, 2.45) is 5.92 Å². The zero-order chi connectivity index (χ0) is 14.4. The number of hydrogen-bond donors (Lipinski definition) is 2. The summed E-state index contributed by atoms with van der Waals surface area (Å²) in [5.41, 5.74) is -0.627. The molecular weight excluding hydrogens is 274 g/mol. The molecule has 8 heteroatoms. The molecule has 0 aliphatic rings. The smallest absolute Gasteiger partial charge is 0.319 e. The predicted molar refractivity (Wildman–Crippen MR) is 69.1 cm³/mol. The quantitative estimate of drug-likeness (QED) is 0.467. The van der Waals surface area contributed by atoms with Gasteiger partial charge in [0.1, 0.15) is 5.56 Å². The third-order valence-electron chi connectivity index (χ3n) is 2.54. The summed E-state index contributed by atoms with van der Waals surface area (Å²) in [5, 5.41) is 21.8. The number of hydrogen-bond acceptors (Lipinski definition) is 5. The lowest BCUT2D eigenvalue weighted by atomic mass is 10.1. The van der Waals surface area contributed by atoms with Crippen molar-refractivity contribution in [3.63, 3.8) is 0 Å². The fourth-order valence-electron chi connectivity index (χ4n) is 1.47. The highest BCUT2D eigenvalue weighted by Gasteiger charge is 2.24. The Morgan fingerprint density at radius 3 is 2.95 bits per heavy atom. The van der Waals surface area contributed by atoms with Crippen molar-refractivity contribution in [2.75, 3.05) is 13.2 Å². The lowest BCUT2D eigenvalue weighted by molar-refractivity contribution is -0.385. The Hall–Kier alpha value is -1.73. The number of rotatable bonds is 6. The third kappa shape index (κ3) is 4.15. The van der Waals surface area contributed by atoms with Gasteiger partial charge >= 0.3 is 5.69 Å². The second kappa shape index (κ2) is 7.01. The Labute approximate surface area is 114 Å². The maximum Gasteiger partial charge on any atom is 0.319 e. The maximum atomic E-state index is 11.9. The third-order valence-corrected chi connectivity index (χ3v) is 2.82. The summed E-state index contributed by atoms with van der Waals surface area (Å²) in [6.07, 6.45) is 1.78. The molecule has 1 amide bonds. The van der Waals surface area contributed by atoms with Crippen LogP contribution in [-0.2, 0) is 0 Å². The van der Waals surface area contributed by atoms with Crippen molar-refractivity contribution < 1.29 is 14.8 Å². The van der Waals surface area contributed by atoms with Gasteiger partial charge in [0.15, 0.2) is 0 Å². The summed E-state index contributed by atoms with van der Waals surface area (Å²) in [5.74, 6) is -0.508. The fraction of sp³-hybridized carbons (Fsp3) is 0.455. The van der Waals surface area contributed by atoms with E-state index in [1.165, 1.54) is 12.3 Å². The molecule has 7 nitrogen and oxygen atoms in total. The molecule has 1 atom stereocenters. The number of nitrogens with one attached hydrogen (secondary N) is 1. The number of pyridine rings is 1. The number of nitro groups is 1. The molecular formula is C11H14ClN3O4. The van der Waals surface area contributed by atoms with Gasteiger partial charge in [-0.15, -0.1) is 0 Å². The highest BCUT2D eigenvalue weighted by atomic mass is 35.5. The van der Waals surface area contributed by atoms with Crippen LogP contribution < -0.4 is 5.32 Å². The molecule has 0 saturated heterocycles. The van der Waals surface area contributed by atoms with Crippen LogP contribution in [0.4, 0.5) is 5.69 Å². The van der Waals surface area contributed by atoms with Crippen molar-refractivity contribution in [3.05, 3.63) is 33.1 Å². The van der Waals surface area contributed by atoms with E-state index in [2.05, 4.69) is 10.3 Å². The SMILES string of the molecule is CC(CCO)CNC(=O)c1ccnc(Cl)c1[N+](=O)[O-]. The van der Waals surface area contributed by atoms with Crippen molar-refractivity contribution in [1.29, 1.82) is 0 Å². The highest BCUT2D eigenvalue weighted by molar-refractivity contribution is 6.32. The highest BCUT2D eigenvalue weighted by Crippen LogP contribution is 2.25. The monoisotopic (exact) mass is 287 g/mol. The molecule has 1 unspecified atom stereocenters. The van der Waals surface area contributed by atoms with Crippen LogP contribution in [-0.4, -0.2) is 34.1 Å². The number of aromatic nitrogens is 1. The lowest BCUT2D eigenvalue weighted by Gasteiger charge is -2.11. The normalized spacial score (nSPS) is 11.9. The van der Waals surface area contributed by atoms with Crippen LogP contribution in [0.15, 0.2) is 12.3 Å². The molecule has 0 fully saturated rings. The van der Waals surface area contributed by atoms with Gasteiger partial charge in [0.05, 0.1) is 4.92 Å². The number of carbonyl (C=O) groups is 1. The van der Waals surface area contributed by atoms with Gasteiger partial charge in [-0.05, 0) is 18.4 Å². The molecule has 0 radical (unpaired) electrons. The van der Waals surface area contributed by atoms with Crippen LogP contribution in [0.25, 0.3) is 0 Å². The molecule has 1 aromatic heterocycles. The predicted octanol–water partition coefficient (Wildman–Crippen LogP) is 1.39. The van der Waals surface area contributed by atoms with Crippen molar-refractivity contribution in [2.45, 2.75) is 13.3 Å². The minimum atomic E-state index is -0.735. The van der Waals surface area contributed by atoms with Gasteiger partial charge in [-0.25, -0.2) is 4.98 Å². The average molecular weight is 288 g/mol. The topological polar surface area (TPSA) is 105 Å². The summed E-state index contributed by atoms with van der Waals surface area (Å²) < 4.78 is 0. The molecule has 19 heavy (non-hydrogen) atoms. The number of amides is 1. The molecule has 1 heterocycles. The molecule has 104 valence electrons. The van der Waals surface area contributed by atoms with Gasteiger partial charge in [-0.2, -0.15) is 0 Å². The number of aliphatic hydroxyl groups excluding tert-OH is 1. The standard InChI is InChI=1S/C11H14ClN3O4/c1-7(3-5-16)6-14-11(17)8-2-4-13-10(12)9(8)15(18)19/h2,4,7,16H,3,5-6H2,1H3,(H,14,17). The molecule has 1 rings (SSSR count). The van der Waals surface area contributed by atoms with Crippen LogP contribution in [0.3, 0.4) is 0 Å². The largest absolute Gasteiger partial charge is 0.396 e. The summed E-state index contributed by atoms with van der Waals surface area (Å²) in [4.78, 5) is 25.6. The molecule has 1 aromatic rings. The summed E-state index contributed by atoms with van der Waals surface area (Å²) in [7, 11) is 0. The van der Waals surface area contributed by atoms with Crippen molar-refractivity contribution >= 4 is 23.2 Å². The molecule has 0 bridgehead atoms. The lowest BCUT2D eigenvalue weighted by Crippen LogP contribution is -2.29. The van der Waals surface area contributed by atoms with Gasteiger partial charge in [0.2, 0.25) is 5.15 Å². The fourth-order valence-corrected chi connectivity index (χ4v) is 1.70. The Morgan fingerprint density at radius 2 is 2.37 bits per heavy atom. The van der Waals surface area contributed by atoms with Gasteiger partial charge in [-0.1, -0.05) is 18.5 Å². The minimum Gasteiger partial charge on any atom is -0.396 e. The number of carbonyl (C=O) groups excluding carboxylic acids is 1. The van der Waals surface area contributed by atoms with Gasteiger partial charge in [0.25, 0.3) is 5.91 Å². The average Bonchev–Trinajstić information content (AvgIpc) is 2.35. The van der Waals surface area contributed by atoms with Crippen molar-refractivity contribution in [1.82, 2.24) is 10.3 Å². The van der Waals surface area contributed by atoms with Crippen molar-refractivity contribution in [3.8, 4) is 0 Å². The summed E-state index contributed by atoms with van der Waals surface area (Å²) >= 11 is 5.62. The Morgan fingerprint density at radius 1 is 1.68 bits per heavy atom. The second-order valence-corrected chi connectivity index (χ2v) is 4.44. The summed E-state index contributed by atoms with van der Waals surface area (Å²) in [6, 6.07) is 1.25. The molecule has 0 aliphatic carbocycles. The second-order valence-electron chi connectivity index (χ2n) is 4.08. The molecule has 2 N–H and O–H groups in total. The molecule has 0 spiro atoms. The van der Waals surface area contributed by atoms with Crippen LogP contribution in [0.2, 0.25) is 5.15 Å². The van der Waals surface area contributed by atoms with E-state index in [4.69, 9.17) is 16.7 Å². The van der Waals surface area contributed by atoms with E-state index >= 15 is 0 Å². The van der Waals surface area contributed by atoms with E-state index < -0.39 is 16.5 Å². The van der Waals surface area contributed by atoms with E-state index in [1.54, 1.807) is 0 Å². The van der Waals surface area contributed by atoms with Crippen LogP contribution >= 0.6 is 11.6 Å². The first-order chi connectivity index (χ1) is 8.97. The Balaban J connectivity index is 2.83. The molecule has 0 saturated carbocycles. The zero-order valence-corrected chi connectivity index (χ0v) is 11.1. The van der Waals surface area contributed by atoms with E-state index in [0.717, 1.165) is 0 Å².